The monoisotopic (exact) mass is 282 g/mol. The van der Waals surface area contributed by atoms with E-state index in [1.807, 2.05) is 14.0 Å². The maximum absolute atomic E-state index is 11.5. The lowest BCUT2D eigenvalue weighted by atomic mass is 10.3. The highest BCUT2D eigenvalue weighted by atomic mass is 79.9. The summed E-state index contributed by atoms with van der Waals surface area (Å²) in [5.74, 6) is 0. The number of hydrogen-bond acceptors (Lipinski definition) is 3. The lowest BCUT2D eigenvalue weighted by Gasteiger charge is -2.05. The first-order valence-electron chi connectivity index (χ1n) is 4.79. The van der Waals surface area contributed by atoms with Gasteiger partial charge in [-0.3, -0.25) is 9.25 Å². The van der Waals surface area contributed by atoms with Crippen molar-refractivity contribution in [2.45, 2.75) is 13.5 Å². The highest BCUT2D eigenvalue weighted by molar-refractivity contribution is 9.10. The van der Waals surface area contributed by atoms with E-state index in [1.54, 1.807) is 21.5 Å². The van der Waals surface area contributed by atoms with Crippen molar-refractivity contribution in [3.63, 3.8) is 0 Å². The van der Waals surface area contributed by atoms with Gasteiger partial charge in [-0.25, -0.2) is 9.78 Å². The fourth-order valence-corrected chi connectivity index (χ4v) is 1.98. The van der Waals surface area contributed by atoms with Gasteiger partial charge in [0.05, 0.1) is 22.4 Å². The smallest absolute Gasteiger partial charge is 0.293 e. The Balaban J connectivity index is 2.42. The second-order valence-corrected chi connectivity index (χ2v) is 4.29. The summed E-state index contributed by atoms with van der Waals surface area (Å²) in [5.41, 5.74) is 1.61. The molecule has 0 aliphatic carbocycles. The molecule has 0 spiro atoms. The molecule has 2 aromatic heterocycles. The molecule has 0 aliphatic heterocycles. The molecule has 2 aromatic rings. The van der Waals surface area contributed by atoms with Crippen LogP contribution in [0.5, 0.6) is 0 Å². The van der Waals surface area contributed by atoms with E-state index in [9.17, 15) is 4.79 Å². The molecule has 0 unspecified atom stereocenters. The first kappa shape index (κ1) is 11.1. The van der Waals surface area contributed by atoms with Crippen LogP contribution in [0.4, 0.5) is 0 Å². The molecule has 0 bridgehead atoms. The zero-order valence-corrected chi connectivity index (χ0v) is 10.6. The lowest BCUT2D eigenvalue weighted by Crippen LogP contribution is -2.23. The number of hydrogen-bond donors (Lipinski definition) is 0. The molecule has 0 aliphatic rings. The molecule has 0 atom stereocenters. The minimum atomic E-state index is -0.256. The van der Waals surface area contributed by atoms with Gasteiger partial charge in [0, 0.05) is 19.4 Å². The molecular formula is C10H11BrN4O. The SMILES string of the molecule is Cc1nn(C)c(Cn2cccnc2=O)c1Br. The number of halogens is 1. The van der Waals surface area contributed by atoms with Gasteiger partial charge in [0.15, 0.2) is 0 Å². The van der Waals surface area contributed by atoms with Crippen LogP contribution in [0.15, 0.2) is 27.7 Å². The average Bonchev–Trinajstić information content (AvgIpc) is 2.48. The third-order valence-corrected chi connectivity index (χ3v) is 3.40. The molecule has 0 radical (unpaired) electrons. The van der Waals surface area contributed by atoms with E-state index < -0.39 is 0 Å². The van der Waals surface area contributed by atoms with Gasteiger partial charge in [-0.1, -0.05) is 0 Å². The molecule has 0 aromatic carbocycles. The fraction of sp³-hybridized carbons (Fsp3) is 0.300. The largest absolute Gasteiger partial charge is 0.347 e. The summed E-state index contributed by atoms with van der Waals surface area (Å²) in [5, 5.41) is 4.27. The topological polar surface area (TPSA) is 52.7 Å². The molecule has 2 heterocycles. The maximum Gasteiger partial charge on any atom is 0.347 e. The van der Waals surface area contributed by atoms with Gasteiger partial charge in [0.2, 0.25) is 0 Å². The molecule has 0 fully saturated rings. The molecule has 0 amide bonds. The minimum absolute atomic E-state index is 0.256. The van der Waals surface area contributed by atoms with Crippen LogP contribution in [-0.4, -0.2) is 19.3 Å². The van der Waals surface area contributed by atoms with Crippen LogP contribution in [0, 0.1) is 6.92 Å². The second-order valence-electron chi connectivity index (χ2n) is 3.50. The molecule has 16 heavy (non-hydrogen) atoms. The van der Waals surface area contributed by atoms with E-state index in [-0.39, 0.29) is 5.69 Å². The summed E-state index contributed by atoms with van der Waals surface area (Å²) in [6, 6.07) is 1.73. The lowest BCUT2D eigenvalue weighted by molar-refractivity contribution is 0.639. The van der Waals surface area contributed by atoms with Crippen LogP contribution in [0.2, 0.25) is 0 Å². The van der Waals surface area contributed by atoms with Gasteiger partial charge >= 0.3 is 5.69 Å². The maximum atomic E-state index is 11.5. The van der Waals surface area contributed by atoms with E-state index in [0.717, 1.165) is 15.9 Å². The van der Waals surface area contributed by atoms with Crippen LogP contribution in [-0.2, 0) is 13.6 Å². The molecule has 0 saturated heterocycles. The molecule has 0 saturated carbocycles. The number of nitrogens with zero attached hydrogens (tertiary/aromatic N) is 4. The molecule has 5 nitrogen and oxygen atoms in total. The number of aryl methyl sites for hydroxylation is 2. The van der Waals surface area contributed by atoms with Crippen molar-refractivity contribution in [2.75, 3.05) is 0 Å². The third kappa shape index (κ3) is 1.92. The standard InChI is InChI=1S/C10H11BrN4O/c1-7-9(11)8(14(2)13-7)6-15-5-3-4-12-10(15)16/h3-5H,6H2,1-2H3. The molecule has 0 N–H and O–H groups in total. The Labute approximate surface area is 101 Å². The number of aromatic nitrogens is 4. The summed E-state index contributed by atoms with van der Waals surface area (Å²) >= 11 is 3.46. The number of rotatable bonds is 2. The summed E-state index contributed by atoms with van der Waals surface area (Å²) < 4.78 is 4.24. The third-order valence-electron chi connectivity index (χ3n) is 2.36. The highest BCUT2D eigenvalue weighted by Gasteiger charge is 2.11. The zero-order chi connectivity index (χ0) is 11.7. The van der Waals surface area contributed by atoms with Crippen molar-refractivity contribution in [1.82, 2.24) is 19.3 Å². The molecule has 84 valence electrons. The Kier molecular flexibility index (Phi) is 2.91. The van der Waals surface area contributed by atoms with Gasteiger partial charge in [-0.15, -0.1) is 0 Å². The van der Waals surface area contributed by atoms with E-state index in [1.165, 1.54) is 6.20 Å². The summed E-state index contributed by atoms with van der Waals surface area (Å²) in [7, 11) is 1.86. The highest BCUT2D eigenvalue weighted by Crippen LogP contribution is 2.20. The van der Waals surface area contributed by atoms with Gasteiger partial charge < -0.3 is 0 Å². The fourth-order valence-electron chi connectivity index (χ4n) is 1.52. The van der Waals surface area contributed by atoms with Gasteiger partial charge in [-0.2, -0.15) is 5.10 Å². The van der Waals surface area contributed by atoms with Gasteiger partial charge in [0.1, 0.15) is 0 Å². The van der Waals surface area contributed by atoms with Crippen LogP contribution in [0.1, 0.15) is 11.4 Å². The normalized spacial score (nSPS) is 10.7. The van der Waals surface area contributed by atoms with Crippen molar-refractivity contribution in [2.24, 2.45) is 7.05 Å². The van der Waals surface area contributed by atoms with Crippen LogP contribution < -0.4 is 5.69 Å². The van der Waals surface area contributed by atoms with Crippen LogP contribution in [0.3, 0.4) is 0 Å². The van der Waals surface area contributed by atoms with Crippen molar-refractivity contribution in [3.8, 4) is 0 Å². The molecule has 6 heteroatoms. The zero-order valence-electron chi connectivity index (χ0n) is 9.01. The average molecular weight is 283 g/mol. The van der Waals surface area contributed by atoms with E-state index in [2.05, 4.69) is 26.0 Å². The summed E-state index contributed by atoms with van der Waals surface area (Å²) in [6.07, 6.45) is 3.20. The van der Waals surface area contributed by atoms with Crippen LogP contribution in [0.25, 0.3) is 0 Å². The van der Waals surface area contributed by atoms with Crippen molar-refractivity contribution >= 4 is 15.9 Å². The summed E-state index contributed by atoms with van der Waals surface area (Å²) in [4.78, 5) is 15.2. The molecule has 2 rings (SSSR count). The minimum Gasteiger partial charge on any atom is -0.293 e. The predicted molar refractivity (Wildman–Crippen MR) is 63.2 cm³/mol. The summed E-state index contributed by atoms with van der Waals surface area (Å²) in [6.45, 7) is 2.38. The Morgan fingerprint density at radius 2 is 2.25 bits per heavy atom. The van der Waals surface area contributed by atoms with Gasteiger partial charge in [0.25, 0.3) is 0 Å². The van der Waals surface area contributed by atoms with Gasteiger partial charge in [-0.05, 0) is 28.9 Å². The first-order valence-corrected chi connectivity index (χ1v) is 5.58. The van der Waals surface area contributed by atoms with Crippen molar-refractivity contribution < 1.29 is 0 Å². The Bertz CT molecular complexity index is 572. The quantitative estimate of drug-likeness (QED) is 0.829. The van der Waals surface area contributed by atoms with Crippen molar-refractivity contribution in [3.05, 3.63) is 44.8 Å². The Morgan fingerprint density at radius 3 is 2.81 bits per heavy atom. The first-order chi connectivity index (χ1) is 7.59. The predicted octanol–water partition coefficient (Wildman–Crippen LogP) is 1.10. The van der Waals surface area contributed by atoms with E-state index in [4.69, 9.17) is 0 Å². The molecular weight excluding hydrogens is 272 g/mol. The van der Waals surface area contributed by atoms with Crippen molar-refractivity contribution in [1.29, 1.82) is 0 Å². The van der Waals surface area contributed by atoms with E-state index in [0.29, 0.717) is 6.54 Å². The Hall–Kier alpha value is -1.43. The second kappa shape index (κ2) is 4.21. The Morgan fingerprint density at radius 1 is 1.50 bits per heavy atom. The van der Waals surface area contributed by atoms with Crippen LogP contribution >= 0.6 is 15.9 Å². The van der Waals surface area contributed by atoms with E-state index >= 15 is 0 Å².